The Morgan fingerprint density at radius 1 is 0.905 bits per heavy atom. The quantitative estimate of drug-likeness (QED) is 0.627. The number of nitrogens with one attached hydrogen (secondary N) is 1. The standard InChI is InChI=1S/C14H12F2NO3P/c15-13(16)14(17)21(18,19-11-7-3-1-4-8-11)20-12-9-5-2-6-10-12/h1-10,13,17H. The molecular weight excluding hydrogens is 299 g/mol. The molecule has 2 rings (SSSR count). The summed E-state index contributed by atoms with van der Waals surface area (Å²) in [5, 5.41) is 7.33. The van der Waals surface area contributed by atoms with Crippen LogP contribution in [0.2, 0.25) is 0 Å². The number of benzene rings is 2. The van der Waals surface area contributed by atoms with Crippen molar-refractivity contribution in [2.75, 3.05) is 0 Å². The van der Waals surface area contributed by atoms with E-state index in [1.807, 2.05) is 0 Å². The lowest BCUT2D eigenvalue weighted by Crippen LogP contribution is -2.17. The molecule has 7 heteroatoms. The first-order chi connectivity index (χ1) is 10.0. The van der Waals surface area contributed by atoms with Crippen molar-refractivity contribution < 1.29 is 22.4 Å². The molecule has 0 aliphatic rings. The van der Waals surface area contributed by atoms with Crippen molar-refractivity contribution in [2.24, 2.45) is 0 Å². The lowest BCUT2D eigenvalue weighted by atomic mass is 10.3. The van der Waals surface area contributed by atoms with E-state index in [4.69, 9.17) is 14.5 Å². The van der Waals surface area contributed by atoms with Gasteiger partial charge in [-0.05, 0) is 24.3 Å². The largest absolute Gasteiger partial charge is 0.482 e. The number of halogens is 2. The first-order valence-electron chi connectivity index (χ1n) is 5.98. The van der Waals surface area contributed by atoms with Crippen LogP contribution in [0.5, 0.6) is 11.5 Å². The minimum absolute atomic E-state index is 0.0853. The molecule has 0 radical (unpaired) electrons. The maximum atomic E-state index is 12.8. The molecule has 0 aliphatic carbocycles. The van der Waals surface area contributed by atoms with Crippen LogP contribution < -0.4 is 9.05 Å². The van der Waals surface area contributed by atoms with Crippen molar-refractivity contribution >= 4 is 13.0 Å². The minimum Gasteiger partial charge on any atom is -0.412 e. The van der Waals surface area contributed by atoms with E-state index in [2.05, 4.69) is 0 Å². The molecule has 0 unspecified atom stereocenters. The summed E-state index contributed by atoms with van der Waals surface area (Å²) in [5.41, 5.74) is -1.38. The molecule has 2 aromatic carbocycles. The van der Waals surface area contributed by atoms with Gasteiger partial charge in [0.05, 0.1) is 0 Å². The molecule has 0 saturated heterocycles. The molecule has 0 aliphatic heterocycles. The fourth-order valence-corrected chi connectivity index (χ4v) is 2.75. The number of rotatable bonds is 6. The van der Waals surface area contributed by atoms with Gasteiger partial charge in [-0.25, -0.2) is 13.3 Å². The molecule has 21 heavy (non-hydrogen) atoms. The second-order valence-corrected chi connectivity index (χ2v) is 5.83. The van der Waals surface area contributed by atoms with Crippen LogP contribution in [0.1, 0.15) is 0 Å². The summed E-state index contributed by atoms with van der Waals surface area (Å²) in [6, 6.07) is 15.5. The summed E-state index contributed by atoms with van der Waals surface area (Å²) in [7, 11) is -4.48. The maximum absolute atomic E-state index is 12.8. The fraction of sp³-hybridized carbons (Fsp3) is 0.0714. The van der Waals surface area contributed by atoms with Crippen LogP contribution in [-0.2, 0) is 4.57 Å². The van der Waals surface area contributed by atoms with Gasteiger partial charge in [0.15, 0.2) is 0 Å². The maximum Gasteiger partial charge on any atom is 0.482 e. The molecule has 110 valence electrons. The Morgan fingerprint density at radius 2 is 1.29 bits per heavy atom. The van der Waals surface area contributed by atoms with Gasteiger partial charge in [0, 0.05) is 0 Å². The zero-order valence-electron chi connectivity index (χ0n) is 10.8. The van der Waals surface area contributed by atoms with Crippen LogP contribution in [0.25, 0.3) is 0 Å². The van der Waals surface area contributed by atoms with Crippen LogP contribution in [0.15, 0.2) is 60.7 Å². The van der Waals surface area contributed by atoms with Crippen LogP contribution in [0.4, 0.5) is 8.78 Å². The second kappa shape index (κ2) is 6.50. The van der Waals surface area contributed by atoms with Crippen molar-refractivity contribution in [1.29, 1.82) is 5.41 Å². The average molecular weight is 311 g/mol. The monoisotopic (exact) mass is 311 g/mol. The van der Waals surface area contributed by atoms with Gasteiger partial charge in [0.1, 0.15) is 11.5 Å². The predicted molar refractivity (Wildman–Crippen MR) is 75.5 cm³/mol. The number of hydrogen-bond acceptors (Lipinski definition) is 4. The predicted octanol–water partition coefficient (Wildman–Crippen LogP) is 4.58. The van der Waals surface area contributed by atoms with Crippen LogP contribution >= 0.6 is 7.60 Å². The smallest absolute Gasteiger partial charge is 0.412 e. The Morgan fingerprint density at radius 3 is 1.62 bits per heavy atom. The van der Waals surface area contributed by atoms with E-state index >= 15 is 0 Å². The first kappa shape index (κ1) is 15.2. The van der Waals surface area contributed by atoms with Gasteiger partial charge in [0.25, 0.3) is 6.43 Å². The highest BCUT2D eigenvalue weighted by Crippen LogP contribution is 2.50. The topological polar surface area (TPSA) is 59.4 Å². The summed E-state index contributed by atoms with van der Waals surface area (Å²) in [6.07, 6.45) is -3.23. The Hall–Kier alpha value is -2.20. The molecule has 0 heterocycles. The third kappa shape index (κ3) is 3.89. The molecule has 0 bridgehead atoms. The van der Waals surface area contributed by atoms with E-state index in [0.29, 0.717) is 0 Å². The highest BCUT2D eigenvalue weighted by molar-refractivity contribution is 7.72. The van der Waals surface area contributed by atoms with E-state index in [1.54, 1.807) is 36.4 Å². The number of para-hydroxylation sites is 2. The van der Waals surface area contributed by atoms with Crippen LogP contribution in [0.3, 0.4) is 0 Å². The Labute approximate surface area is 120 Å². The van der Waals surface area contributed by atoms with E-state index in [0.717, 1.165) is 0 Å². The second-order valence-electron chi connectivity index (χ2n) is 3.99. The Kier molecular flexibility index (Phi) is 4.70. The highest BCUT2D eigenvalue weighted by atomic mass is 31.2. The normalized spacial score (nSPS) is 11.2. The Bertz CT molecular complexity index is 604. The van der Waals surface area contributed by atoms with Gasteiger partial charge in [-0.15, -0.1) is 0 Å². The van der Waals surface area contributed by atoms with Crippen LogP contribution in [-0.4, -0.2) is 11.9 Å². The van der Waals surface area contributed by atoms with Gasteiger partial charge in [-0.1, -0.05) is 36.4 Å². The number of hydrogen-bond donors (Lipinski definition) is 1. The molecule has 0 atom stereocenters. The van der Waals surface area contributed by atoms with Crippen molar-refractivity contribution in [1.82, 2.24) is 0 Å². The lowest BCUT2D eigenvalue weighted by molar-refractivity contribution is 0.225. The highest BCUT2D eigenvalue weighted by Gasteiger charge is 2.40. The average Bonchev–Trinajstić information content (AvgIpc) is 2.48. The molecule has 0 fully saturated rings. The fourth-order valence-electron chi connectivity index (χ4n) is 1.48. The van der Waals surface area contributed by atoms with Crippen molar-refractivity contribution in [3.8, 4) is 11.5 Å². The molecular formula is C14H12F2NO3P. The lowest BCUT2D eigenvalue weighted by Gasteiger charge is -2.20. The van der Waals surface area contributed by atoms with E-state index < -0.39 is 19.5 Å². The first-order valence-corrected chi connectivity index (χ1v) is 7.52. The van der Waals surface area contributed by atoms with Gasteiger partial charge in [0.2, 0.25) is 5.45 Å². The van der Waals surface area contributed by atoms with Crippen molar-refractivity contribution in [3.05, 3.63) is 60.7 Å². The van der Waals surface area contributed by atoms with Crippen molar-refractivity contribution in [2.45, 2.75) is 6.43 Å². The summed E-state index contributed by atoms with van der Waals surface area (Å²) in [6.45, 7) is 0. The van der Waals surface area contributed by atoms with Gasteiger partial charge in [-0.3, -0.25) is 5.41 Å². The molecule has 4 nitrogen and oxygen atoms in total. The minimum atomic E-state index is -4.48. The summed E-state index contributed by atoms with van der Waals surface area (Å²) < 4.78 is 48.2. The van der Waals surface area contributed by atoms with Gasteiger partial charge >= 0.3 is 7.60 Å². The SMILES string of the molecule is N=C(C(F)F)P(=O)(Oc1ccccc1)Oc1ccccc1. The van der Waals surface area contributed by atoms with Gasteiger partial charge in [-0.2, -0.15) is 0 Å². The van der Waals surface area contributed by atoms with E-state index in [-0.39, 0.29) is 11.5 Å². The molecule has 1 N–H and O–H groups in total. The summed E-state index contributed by atoms with van der Waals surface area (Å²) >= 11 is 0. The zero-order chi connectivity index (χ0) is 15.3. The third-order valence-corrected chi connectivity index (χ3v) is 4.13. The van der Waals surface area contributed by atoms with Crippen LogP contribution in [0, 0.1) is 5.41 Å². The number of alkyl halides is 2. The molecule has 0 amide bonds. The Balaban J connectivity index is 2.31. The van der Waals surface area contributed by atoms with Gasteiger partial charge < -0.3 is 9.05 Å². The third-order valence-electron chi connectivity index (χ3n) is 2.44. The van der Waals surface area contributed by atoms with Crippen molar-refractivity contribution in [3.63, 3.8) is 0 Å². The molecule has 0 spiro atoms. The molecule has 0 aromatic heterocycles. The summed E-state index contributed by atoms with van der Waals surface area (Å²) in [5.74, 6) is 0.171. The van der Waals surface area contributed by atoms with E-state index in [1.165, 1.54) is 24.3 Å². The zero-order valence-corrected chi connectivity index (χ0v) is 11.7. The molecule has 2 aromatic rings. The molecule has 0 saturated carbocycles. The summed E-state index contributed by atoms with van der Waals surface area (Å²) in [4.78, 5) is 0. The van der Waals surface area contributed by atoms with E-state index in [9.17, 15) is 13.3 Å².